The summed E-state index contributed by atoms with van der Waals surface area (Å²) in [6.07, 6.45) is 8.60. The number of hydrogen-bond donors (Lipinski definition) is 3. The Morgan fingerprint density at radius 1 is 1.08 bits per heavy atom. The Kier molecular flexibility index (Phi) is 7.38. The Hall–Kier alpha value is -2.75. The van der Waals surface area contributed by atoms with Gasteiger partial charge < -0.3 is 15.4 Å². The first kappa shape index (κ1) is 25.9. The molecule has 0 saturated heterocycles. The van der Waals surface area contributed by atoms with Crippen LogP contribution in [0.2, 0.25) is 0 Å². The van der Waals surface area contributed by atoms with Crippen molar-refractivity contribution in [3.05, 3.63) is 56.0 Å². The van der Waals surface area contributed by atoms with Gasteiger partial charge in [-0.25, -0.2) is 9.59 Å². The van der Waals surface area contributed by atoms with Crippen molar-refractivity contribution in [2.24, 2.45) is 0 Å². The normalized spacial score (nSPS) is 15.0. The van der Waals surface area contributed by atoms with Crippen LogP contribution in [-0.4, -0.2) is 29.1 Å². The highest BCUT2D eigenvalue weighted by Crippen LogP contribution is 2.40. The third kappa shape index (κ3) is 5.73. The predicted molar refractivity (Wildman–Crippen MR) is 150 cm³/mol. The van der Waals surface area contributed by atoms with Crippen LogP contribution in [0, 0.1) is 6.92 Å². The lowest BCUT2D eigenvalue weighted by Crippen LogP contribution is -2.30. The van der Waals surface area contributed by atoms with E-state index in [2.05, 4.69) is 27.0 Å². The Labute approximate surface area is 226 Å². The minimum Gasteiger partial charge on any atom is -0.456 e. The summed E-state index contributed by atoms with van der Waals surface area (Å²) in [5, 5.41) is 10.1. The van der Waals surface area contributed by atoms with Crippen molar-refractivity contribution in [3.63, 3.8) is 0 Å². The topological polar surface area (TPSA) is 92.4 Å². The highest BCUT2D eigenvalue weighted by Gasteiger charge is 2.30. The van der Waals surface area contributed by atoms with Crippen LogP contribution in [0.15, 0.2) is 18.5 Å². The summed E-state index contributed by atoms with van der Waals surface area (Å²) < 4.78 is 5.71. The number of aryl methyl sites for hydroxylation is 2. The van der Waals surface area contributed by atoms with E-state index in [-0.39, 0.29) is 12.0 Å². The number of nitrogens with zero attached hydrogens (tertiary/aromatic N) is 1. The third-order valence-corrected chi connectivity index (χ3v) is 9.13. The van der Waals surface area contributed by atoms with Crippen LogP contribution < -0.4 is 16.0 Å². The highest BCUT2D eigenvalue weighted by atomic mass is 32.1. The van der Waals surface area contributed by atoms with E-state index in [9.17, 15) is 9.59 Å². The predicted octanol–water partition coefficient (Wildman–Crippen LogP) is 5.98. The van der Waals surface area contributed by atoms with E-state index in [0.29, 0.717) is 17.1 Å². The molecule has 0 bridgehead atoms. The zero-order valence-electron chi connectivity index (χ0n) is 21.9. The molecule has 0 unspecified atom stereocenters. The monoisotopic (exact) mass is 538 g/mol. The minimum absolute atomic E-state index is 0.314. The van der Waals surface area contributed by atoms with Crippen LogP contribution in [0.25, 0.3) is 10.4 Å². The Balaban J connectivity index is 1.38. The van der Waals surface area contributed by atoms with Crippen LogP contribution in [0.5, 0.6) is 0 Å². The van der Waals surface area contributed by atoms with Gasteiger partial charge in [0.2, 0.25) is 0 Å². The molecule has 5 rings (SSSR count). The SMILES string of the molecule is Cc1cncc(-c2sc3c(c2CNC(=O)Nc2sc4c(c2C(=O)OC(C)(C)C)CCCC4)CCNC3)c1. The van der Waals surface area contributed by atoms with Crippen LogP contribution in [0.4, 0.5) is 9.80 Å². The van der Waals surface area contributed by atoms with E-state index in [1.807, 2.05) is 40.1 Å². The summed E-state index contributed by atoms with van der Waals surface area (Å²) >= 11 is 3.28. The van der Waals surface area contributed by atoms with Gasteiger partial charge in [-0.3, -0.25) is 10.3 Å². The molecule has 2 aliphatic rings. The van der Waals surface area contributed by atoms with E-state index in [4.69, 9.17) is 4.74 Å². The molecule has 196 valence electrons. The number of rotatable bonds is 5. The number of ether oxygens (including phenoxy) is 1. The maximum atomic E-state index is 13.2. The minimum atomic E-state index is -0.603. The summed E-state index contributed by atoms with van der Waals surface area (Å²) in [7, 11) is 0. The van der Waals surface area contributed by atoms with Gasteiger partial charge in [0, 0.05) is 45.7 Å². The van der Waals surface area contributed by atoms with Gasteiger partial charge in [0.05, 0.1) is 5.56 Å². The molecular formula is C28H34N4O3S2. The average Bonchev–Trinajstić information content (AvgIpc) is 3.39. The molecule has 37 heavy (non-hydrogen) atoms. The summed E-state index contributed by atoms with van der Waals surface area (Å²) in [4.78, 5) is 34.3. The van der Waals surface area contributed by atoms with Crippen LogP contribution in [0.3, 0.4) is 0 Å². The van der Waals surface area contributed by atoms with Crippen molar-refractivity contribution in [1.82, 2.24) is 15.6 Å². The summed E-state index contributed by atoms with van der Waals surface area (Å²) in [5.74, 6) is -0.365. The second-order valence-electron chi connectivity index (χ2n) is 10.7. The number of carbonyl (C=O) groups excluding carboxylic acids is 2. The van der Waals surface area contributed by atoms with E-state index in [1.165, 1.54) is 26.7 Å². The Morgan fingerprint density at radius 2 is 1.89 bits per heavy atom. The van der Waals surface area contributed by atoms with E-state index >= 15 is 0 Å². The van der Waals surface area contributed by atoms with E-state index < -0.39 is 5.60 Å². The number of nitrogens with one attached hydrogen (secondary N) is 3. The van der Waals surface area contributed by atoms with Crippen molar-refractivity contribution in [2.75, 3.05) is 11.9 Å². The largest absolute Gasteiger partial charge is 0.456 e. The first-order chi connectivity index (χ1) is 17.7. The fourth-order valence-electron chi connectivity index (χ4n) is 5.01. The van der Waals surface area contributed by atoms with Gasteiger partial charge in [-0.15, -0.1) is 22.7 Å². The zero-order chi connectivity index (χ0) is 26.2. The molecule has 2 amide bonds. The number of fused-ring (bicyclic) bond motifs is 2. The lowest BCUT2D eigenvalue weighted by Gasteiger charge is -2.21. The fraction of sp³-hybridized carbons (Fsp3) is 0.464. The summed E-state index contributed by atoms with van der Waals surface area (Å²) in [6, 6.07) is 1.83. The Bertz CT molecular complexity index is 1340. The molecule has 0 radical (unpaired) electrons. The van der Waals surface area contributed by atoms with Gasteiger partial charge in [0.1, 0.15) is 10.6 Å². The molecule has 1 aliphatic carbocycles. The third-order valence-electron chi connectivity index (χ3n) is 6.60. The maximum Gasteiger partial charge on any atom is 0.341 e. The molecule has 0 saturated carbocycles. The van der Waals surface area contributed by atoms with E-state index in [1.54, 1.807) is 11.3 Å². The van der Waals surface area contributed by atoms with Crippen LogP contribution in [0.1, 0.15) is 76.0 Å². The highest BCUT2D eigenvalue weighted by molar-refractivity contribution is 7.17. The Morgan fingerprint density at radius 3 is 2.68 bits per heavy atom. The van der Waals surface area contributed by atoms with Crippen molar-refractivity contribution in [2.45, 2.75) is 78.5 Å². The second kappa shape index (κ2) is 10.6. The molecule has 3 aromatic rings. The van der Waals surface area contributed by atoms with Gasteiger partial charge >= 0.3 is 12.0 Å². The first-order valence-corrected chi connectivity index (χ1v) is 14.5. The quantitative estimate of drug-likeness (QED) is 0.348. The van der Waals surface area contributed by atoms with E-state index in [0.717, 1.165) is 72.3 Å². The molecule has 0 aromatic carbocycles. The molecular weight excluding hydrogens is 504 g/mol. The van der Waals surface area contributed by atoms with Crippen molar-refractivity contribution in [1.29, 1.82) is 0 Å². The molecule has 9 heteroatoms. The number of esters is 1. The van der Waals surface area contributed by atoms with Crippen LogP contribution >= 0.6 is 22.7 Å². The molecule has 0 fully saturated rings. The molecule has 4 heterocycles. The molecule has 7 nitrogen and oxygen atoms in total. The number of aromatic nitrogens is 1. The van der Waals surface area contributed by atoms with Gasteiger partial charge in [-0.05, 0) is 94.7 Å². The number of anilines is 1. The van der Waals surface area contributed by atoms with Gasteiger partial charge in [0.25, 0.3) is 0 Å². The maximum absolute atomic E-state index is 13.2. The lowest BCUT2D eigenvalue weighted by atomic mass is 9.95. The van der Waals surface area contributed by atoms with Gasteiger partial charge in [-0.1, -0.05) is 0 Å². The molecule has 0 spiro atoms. The molecule has 3 N–H and O–H groups in total. The number of urea groups is 1. The summed E-state index contributed by atoms with van der Waals surface area (Å²) in [6.45, 7) is 9.81. The number of pyridine rings is 1. The van der Waals surface area contributed by atoms with Crippen molar-refractivity contribution >= 4 is 39.7 Å². The molecule has 1 aliphatic heterocycles. The van der Waals surface area contributed by atoms with Gasteiger partial charge in [0.15, 0.2) is 0 Å². The van der Waals surface area contributed by atoms with Crippen molar-refractivity contribution in [3.8, 4) is 10.4 Å². The number of thiophene rings is 2. The number of hydrogen-bond acceptors (Lipinski definition) is 7. The number of amides is 2. The standard InChI is InChI=1S/C28H34N4O3S2/c1-16-11-17(13-30-12-16)24-20(18-9-10-29-15-22(18)36-24)14-31-27(34)32-25-23(26(33)35-28(2,3)4)19-7-5-6-8-21(19)37-25/h11-13,29H,5-10,14-15H2,1-4H3,(H2,31,32,34). The first-order valence-electron chi connectivity index (χ1n) is 12.9. The number of carbonyl (C=O) groups is 2. The lowest BCUT2D eigenvalue weighted by molar-refractivity contribution is 0.00699. The average molecular weight is 539 g/mol. The zero-order valence-corrected chi connectivity index (χ0v) is 23.5. The smallest absolute Gasteiger partial charge is 0.341 e. The molecule has 3 aromatic heterocycles. The van der Waals surface area contributed by atoms with Gasteiger partial charge in [-0.2, -0.15) is 0 Å². The summed E-state index contributed by atoms with van der Waals surface area (Å²) in [5.41, 5.74) is 5.62. The fourth-order valence-corrected chi connectivity index (χ4v) is 7.60. The molecule has 0 atom stereocenters. The van der Waals surface area contributed by atoms with Crippen molar-refractivity contribution < 1.29 is 14.3 Å². The van der Waals surface area contributed by atoms with Crippen LogP contribution in [-0.2, 0) is 37.1 Å². The second-order valence-corrected chi connectivity index (χ2v) is 12.9.